The molecule has 0 unspecified atom stereocenters. The van der Waals surface area contributed by atoms with Gasteiger partial charge < -0.3 is 4.18 Å². The van der Waals surface area contributed by atoms with E-state index in [9.17, 15) is 26.0 Å². The third-order valence-corrected chi connectivity index (χ3v) is 5.35. The number of benzene rings is 1. The molecule has 1 heterocycles. The molecule has 0 saturated carbocycles. The monoisotopic (exact) mass is 403 g/mol. The second kappa shape index (κ2) is 7.46. The summed E-state index contributed by atoms with van der Waals surface area (Å²) in [6.07, 6.45) is 4.23. The summed E-state index contributed by atoms with van der Waals surface area (Å²) in [5.74, 6) is -0.834. The van der Waals surface area contributed by atoms with Gasteiger partial charge in [-0.25, -0.2) is 4.39 Å². The summed E-state index contributed by atoms with van der Waals surface area (Å²) in [4.78, 5) is 4.49. The highest BCUT2D eigenvalue weighted by atomic mass is 32.2. The van der Waals surface area contributed by atoms with Crippen LogP contribution in [0.3, 0.4) is 0 Å². The van der Waals surface area contributed by atoms with E-state index in [2.05, 4.69) is 9.17 Å². The van der Waals surface area contributed by atoms with Crippen molar-refractivity contribution in [1.29, 1.82) is 0 Å². The second-order valence-corrected chi connectivity index (χ2v) is 7.87. The maximum absolute atomic E-state index is 13.2. The molecule has 0 amide bonds. The van der Waals surface area contributed by atoms with Crippen LogP contribution in [0.2, 0.25) is 0 Å². The molecule has 0 bridgehead atoms. The van der Waals surface area contributed by atoms with E-state index >= 15 is 0 Å². The maximum atomic E-state index is 13.2. The molecule has 0 aliphatic heterocycles. The Morgan fingerprint density at radius 1 is 0.963 bits per heavy atom. The molecule has 0 N–H and O–H groups in total. The number of hydrogen-bond donors (Lipinski definition) is 0. The molecule has 1 aromatic heterocycles. The van der Waals surface area contributed by atoms with Gasteiger partial charge in [0.15, 0.2) is 0 Å². The number of fused-ring (bicyclic) bond motifs is 1. The average Bonchev–Trinajstić information content (AvgIpc) is 2.55. The number of rotatable bonds is 3. The van der Waals surface area contributed by atoms with E-state index in [1.807, 2.05) is 0 Å². The summed E-state index contributed by atoms with van der Waals surface area (Å²) >= 11 is 0. The van der Waals surface area contributed by atoms with Gasteiger partial charge in [-0.15, -0.1) is 0 Å². The molecule has 146 valence electrons. The summed E-state index contributed by atoms with van der Waals surface area (Å²) in [6.45, 7) is 0. The number of halogens is 4. The molecule has 0 spiro atoms. The molecule has 27 heavy (non-hydrogen) atoms. The van der Waals surface area contributed by atoms with Gasteiger partial charge >= 0.3 is 15.6 Å². The molecule has 9 heteroatoms. The fourth-order valence-corrected chi connectivity index (χ4v) is 3.51. The van der Waals surface area contributed by atoms with Gasteiger partial charge in [0.1, 0.15) is 11.6 Å². The van der Waals surface area contributed by atoms with Gasteiger partial charge in [0.2, 0.25) is 0 Å². The highest BCUT2D eigenvalue weighted by Gasteiger charge is 2.49. The number of aryl methyl sites for hydroxylation is 1. The molecule has 1 aliphatic rings. The van der Waals surface area contributed by atoms with Crippen molar-refractivity contribution in [3.8, 4) is 17.0 Å². The first-order chi connectivity index (χ1) is 12.7. The van der Waals surface area contributed by atoms with E-state index in [4.69, 9.17) is 0 Å². The van der Waals surface area contributed by atoms with Gasteiger partial charge in [0.25, 0.3) is 0 Å². The van der Waals surface area contributed by atoms with Crippen LogP contribution >= 0.6 is 0 Å². The fraction of sp³-hybridized carbons (Fsp3) is 0.389. The summed E-state index contributed by atoms with van der Waals surface area (Å²) in [6, 6.07) is 6.42. The molecular weight excluding hydrogens is 386 g/mol. The van der Waals surface area contributed by atoms with Crippen LogP contribution < -0.4 is 4.18 Å². The van der Waals surface area contributed by atoms with Gasteiger partial charge in [-0.2, -0.15) is 21.6 Å². The number of alkyl halides is 3. The van der Waals surface area contributed by atoms with E-state index in [1.54, 1.807) is 0 Å². The minimum absolute atomic E-state index is 0.238. The quantitative estimate of drug-likeness (QED) is 0.421. The molecule has 0 radical (unpaired) electrons. The Hall–Kier alpha value is -2.16. The molecule has 1 aromatic carbocycles. The molecule has 1 aliphatic carbocycles. The molecule has 3 rings (SSSR count). The smallest absolute Gasteiger partial charge is 0.376 e. The number of hydrogen-bond acceptors (Lipinski definition) is 4. The fourth-order valence-electron chi connectivity index (χ4n) is 3.03. The van der Waals surface area contributed by atoms with Crippen molar-refractivity contribution in [3.05, 3.63) is 47.4 Å². The van der Waals surface area contributed by atoms with E-state index in [0.29, 0.717) is 36.1 Å². The van der Waals surface area contributed by atoms with Crippen molar-refractivity contribution in [2.24, 2.45) is 0 Å². The first kappa shape index (κ1) is 19.6. The van der Waals surface area contributed by atoms with Crippen LogP contribution in [0.1, 0.15) is 36.9 Å². The Bertz CT molecular complexity index is 925. The Morgan fingerprint density at radius 3 is 2.22 bits per heavy atom. The third-order valence-electron chi connectivity index (χ3n) is 4.38. The molecular formula is C18H17F4NO3S. The predicted molar refractivity (Wildman–Crippen MR) is 91.1 cm³/mol. The standard InChI is InChI=1S/C18H17F4NO3S/c19-13-9-7-12(8-10-13)16-11-17(26-27(24,25)18(20,21)22)14-5-3-1-2-4-6-15(14)23-16/h7-11H,1-6H2. The third kappa shape index (κ3) is 4.40. The van der Waals surface area contributed by atoms with E-state index in [1.165, 1.54) is 30.3 Å². The molecule has 0 atom stereocenters. The van der Waals surface area contributed by atoms with Crippen molar-refractivity contribution in [1.82, 2.24) is 4.98 Å². The lowest BCUT2D eigenvalue weighted by atomic mass is 9.95. The van der Waals surface area contributed by atoms with Crippen molar-refractivity contribution in [2.45, 2.75) is 44.0 Å². The van der Waals surface area contributed by atoms with E-state index in [0.717, 1.165) is 19.3 Å². The van der Waals surface area contributed by atoms with Crippen molar-refractivity contribution in [2.75, 3.05) is 0 Å². The topological polar surface area (TPSA) is 56.3 Å². The van der Waals surface area contributed by atoms with Crippen LogP contribution in [0, 0.1) is 5.82 Å². The SMILES string of the molecule is O=S(=O)(Oc1cc(-c2ccc(F)cc2)nc2c1CCCCCC2)C(F)(F)F. The molecule has 4 nitrogen and oxygen atoms in total. The highest BCUT2D eigenvalue weighted by molar-refractivity contribution is 7.88. The summed E-state index contributed by atoms with van der Waals surface area (Å²) in [7, 11) is -5.80. The lowest BCUT2D eigenvalue weighted by Crippen LogP contribution is -2.28. The second-order valence-electron chi connectivity index (χ2n) is 6.34. The summed E-state index contributed by atoms with van der Waals surface area (Å²) in [5, 5.41) is 0. The summed E-state index contributed by atoms with van der Waals surface area (Å²) in [5.41, 5.74) is -3.93. The zero-order valence-corrected chi connectivity index (χ0v) is 15.0. The number of aromatic nitrogens is 1. The number of nitrogens with zero attached hydrogens (tertiary/aromatic N) is 1. The normalized spacial score (nSPS) is 15.6. The van der Waals surface area contributed by atoms with Gasteiger partial charge in [0, 0.05) is 22.9 Å². The molecule has 0 saturated heterocycles. The van der Waals surface area contributed by atoms with Crippen molar-refractivity contribution >= 4 is 10.1 Å². The van der Waals surface area contributed by atoms with E-state index < -0.39 is 21.4 Å². The van der Waals surface area contributed by atoms with Crippen molar-refractivity contribution < 1.29 is 30.2 Å². The van der Waals surface area contributed by atoms with Crippen LogP contribution in [0.5, 0.6) is 5.75 Å². The number of pyridine rings is 1. The molecule has 0 fully saturated rings. The Labute approximate surface area is 154 Å². The molecule has 2 aromatic rings. The van der Waals surface area contributed by atoms with E-state index in [-0.39, 0.29) is 11.4 Å². The minimum Gasteiger partial charge on any atom is -0.376 e. The zero-order chi connectivity index (χ0) is 19.7. The predicted octanol–water partition coefficient (Wildman–Crippen LogP) is 4.78. The maximum Gasteiger partial charge on any atom is 0.534 e. The minimum atomic E-state index is -5.80. The van der Waals surface area contributed by atoms with Crippen molar-refractivity contribution in [3.63, 3.8) is 0 Å². The Balaban J connectivity index is 2.12. The highest BCUT2D eigenvalue weighted by Crippen LogP contribution is 2.35. The Kier molecular flexibility index (Phi) is 5.41. The summed E-state index contributed by atoms with van der Waals surface area (Å²) < 4.78 is 79.1. The van der Waals surface area contributed by atoms with Crippen LogP contribution in [0.4, 0.5) is 17.6 Å². The Morgan fingerprint density at radius 2 is 1.59 bits per heavy atom. The first-order valence-corrected chi connectivity index (χ1v) is 9.88. The zero-order valence-electron chi connectivity index (χ0n) is 14.2. The van der Waals surface area contributed by atoms with Gasteiger partial charge in [0.05, 0.1) is 5.69 Å². The van der Waals surface area contributed by atoms with Gasteiger partial charge in [-0.3, -0.25) is 4.98 Å². The lowest BCUT2D eigenvalue weighted by Gasteiger charge is -2.19. The largest absolute Gasteiger partial charge is 0.534 e. The van der Waals surface area contributed by atoms with Crippen LogP contribution in [-0.2, 0) is 23.0 Å². The van der Waals surface area contributed by atoms with Crippen LogP contribution in [-0.4, -0.2) is 18.9 Å². The van der Waals surface area contributed by atoms with Crippen LogP contribution in [0.15, 0.2) is 30.3 Å². The first-order valence-electron chi connectivity index (χ1n) is 8.47. The lowest BCUT2D eigenvalue weighted by molar-refractivity contribution is -0.0500. The van der Waals surface area contributed by atoms with Gasteiger partial charge in [-0.05, 0) is 49.9 Å². The van der Waals surface area contributed by atoms with Gasteiger partial charge in [-0.1, -0.05) is 12.8 Å². The average molecular weight is 403 g/mol. The van der Waals surface area contributed by atoms with Crippen LogP contribution in [0.25, 0.3) is 11.3 Å².